The molecule has 7 nitrogen and oxygen atoms in total. The molecule has 3 rings (SSSR count). The van der Waals surface area contributed by atoms with Gasteiger partial charge < -0.3 is 5.32 Å². The number of aromatic nitrogens is 4. The summed E-state index contributed by atoms with van der Waals surface area (Å²) in [5.74, 6) is 0.363. The molecule has 0 spiro atoms. The molecule has 0 saturated carbocycles. The standard InChI is InChI=1S/C18H16N6OS/c1-13-6-8-15(9-7-13)24-18(21-22-23-24)26-11-10-17(25)20-16-5-3-2-4-14(16)12-19/h2-9H,10-11H2,1H3,(H,20,25). The molecule has 0 saturated heterocycles. The Bertz CT molecular complexity index is 945. The number of carbonyl (C=O) groups is 1. The van der Waals surface area contributed by atoms with E-state index < -0.39 is 0 Å². The molecule has 3 aromatic rings. The number of thioether (sulfide) groups is 1. The van der Waals surface area contributed by atoms with Gasteiger partial charge in [0.05, 0.1) is 16.9 Å². The fourth-order valence-electron chi connectivity index (χ4n) is 2.25. The highest BCUT2D eigenvalue weighted by atomic mass is 32.2. The summed E-state index contributed by atoms with van der Waals surface area (Å²) in [7, 11) is 0. The number of nitriles is 1. The number of nitrogens with zero attached hydrogens (tertiary/aromatic N) is 5. The molecular weight excluding hydrogens is 348 g/mol. The average Bonchev–Trinajstić information content (AvgIpc) is 3.11. The summed E-state index contributed by atoms with van der Waals surface area (Å²) in [4.78, 5) is 12.1. The number of carbonyl (C=O) groups excluding carboxylic acids is 1. The second kappa shape index (κ2) is 8.27. The molecule has 0 bridgehead atoms. The van der Waals surface area contributed by atoms with Crippen molar-refractivity contribution >= 4 is 23.4 Å². The number of anilines is 1. The van der Waals surface area contributed by atoms with Gasteiger partial charge in [0.25, 0.3) is 0 Å². The predicted molar refractivity (Wildman–Crippen MR) is 99.0 cm³/mol. The lowest BCUT2D eigenvalue weighted by Crippen LogP contribution is -2.13. The topological polar surface area (TPSA) is 96.5 Å². The van der Waals surface area contributed by atoms with Gasteiger partial charge in [-0.1, -0.05) is 41.6 Å². The number of hydrogen-bond acceptors (Lipinski definition) is 6. The van der Waals surface area contributed by atoms with Gasteiger partial charge in [-0.05, 0) is 41.6 Å². The number of benzene rings is 2. The third-order valence-electron chi connectivity index (χ3n) is 3.60. The van der Waals surface area contributed by atoms with Crippen LogP contribution in [0.15, 0.2) is 53.7 Å². The van der Waals surface area contributed by atoms with E-state index in [1.165, 1.54) is 11.8 Å². The van der Waals surface area contributed by atoms with Crippen LogP contribution in [-0.2, 0) is 4.79 Å². The van der Waals surface area contributed by atoms with Crippen molar-refractivity contribution in [3.63, 3.8) is 0 Å². The van der Waals surface area contributed by atoms with Crippen LogP contribution in [0.1, 0.15) is 17.5 Å². The molecule has 0 unspecified atom stereocenters. The summed E-state index contributed by atoms with van der Waals surface area (Å²) >= 11 is 1.40. The monoisotopic (exact) mass is 364 g/mol. The highest BCUT2D eigenvalue weighted by Gasteiger charge is 2.11. The van der Waals surface area contributed by atoms with Crippen molar-refractivity contribution in [2.24, 2.45) is 0 Å². The molecule has 130 valence electrons. The highest BCUT2D eigenvalue weighted by molar-refractivity contribution is 7.99. The number of nitrogens with one attached hydrogen (secondary N) is 1. The maximum atomic E-state index is 12.1. The number of para-hydroxylation sites is 1. The van der Waals surface area contributed by atoms with Crippen molar-refractivity contribution in [2.75, 3.05) is 11.1 Å². The van der Waals surface area contributed by atoms with E-state index in [9.17, 15) is 4.79 Å². The van der Waals surface area contributed by atoms with Crippen LogP contribution < -0.4 is 5.32 Å². The lowest BCUT2D eigenvalue weighted by atomic mass is 10.2. The fourth-order valence-corrected chi connectivity index (χ4v) is 3.08. The first-order valence-corrected chi connectivity index (χ1v) is 8.93. The van der Waals surface area contributed by atoms with Crippen LogP contribution in [0, 0.1) is 18.3 Å². The first-order valence-electron chi connectivity index (χ1n) is 7.94. The Labute approximate surface area is 155 Å². The Morgan fingerprint density at radius 3 is 2.77 bits per heavy atom. The molecule has 1 amide bonds. The Morgan fingerprint density at radius 2 is 2.00 bits per heavy atom. The van der Waals surface area contributed by atoms with E-state index in [0.717, 1.165) is 11.3 Å². The zero-order chi connectivity index (χ0) is 18.4. The van der Waals surface area contributed by atoms with Gasteiger partial charge in [0.2, 0.25) is 11.1 Å². The smallest absolute Gasteiger partial charge is 0.225 e. The second-order valence-corrected chi connectivity index (χ2v) is 6.57. The van der Waals surface area contributed by atoms with Crippen LogP contribution in [0.25, 0.3) is 5.69 Å². The molecule has 1 aromatic heterocycles. The number of amides is 1. The van der Waals surface area contributed by atoms with E-state index >= 15 is 0 Å². The maximum Gasteiger partial charge on any atom is 0.225 e. The lowest BCUT2D eigenvalue weighted by Gasteiger charge is -2.07. The Balaban J connectivity index is 1.57. The molecule has 0 aliphatic heterocycles. The summed E-state index contributed by atoms with van der Waals surface area (Å²) in [6.07, 6.45) is 0.283. The number of rotatable bonds is 6. The minimum atomic E-state index is -0.158. The number of tetrazole rings is 1. The van der Waals surface area contributed by atoms with Gasteiger partial charge in [-0.25, -0.2) is 0 Å². The van der Waals surface area contributed by atoms with E-state index in [-0.39, 0.29) is 12.3 Å². The van der Waals surface area contributed by atoms with Crippen molar-refractivity contribution in [1.82, 2.24) is 20.2 Å². The SMILES string of the molecule is Cc1ccc(-n2nnnc2SCCC(=O)Nc2ccccc2C#N)cc1. The summed E-state index contributed by atoms with van der Waals surface area (Å²) in [6.45, 7) is 2.02. The molecule has 1 heterocycles. The van der Waals surface area contributed by atoms with Crippen LogP contribution in [0.4, 0.5) is 5.69 Å². The van der Waals surface area contributed by atoms with E-state index in [0.29, 0.717) is 22.2 Å². The highest BCUT2D eigenvalue weighted by Crippen LogP contribution is 2.20. The van der Waals surface area contributed by atoms with Gasteiger partial charge in [0.1, 0.15) is 6.07 Å². The quantitative estimate of drug-likeness (QED) is 0.676. The predicted octanol–water partition coefficient (Wildman–Crippen LogP) is 2.96. The average molecular weight is 364 g/mol. The summed E-state index contributed by atoms with van der Waals surface area (Å²) in [5, 5.41) is 24.2. The first kappa shape index (κ1) is 17.6. The van der Waals surface area contributed by atoms with Crippen molar-refractivity contribution in [3.05, 3.63) is 59.7 Å². The van der Waals surface area contributed by atoms with E-state index in [4.69, 9.17) is 5.26 Å². The fraction of sp³-hybridized carbons (Fsp3) is 0.167. The molecule has 1 N–H and O–H groups in total. The van der Waals surface area contributed by atoms with Crippen LogP contribution in [0.3, 0.4) is 0 Å². The molecule has 0 aliphatic rings. The Morgan fingerprint density at radius 1 is 1.23 bits per heavy atom. The van der Waals surface area contributed by atoms with Crippen LogP contribution in [0.2, 0.25) is 0 Å². The van der Waals surface area contributed by atoms with E-state index in [1.807, 2.05) is 31.2 Å². The molecular formula is C18H16N6OS. The van der Waals surface area contributed by atoms with E-state index in [2.05, 4.69) is 26.9 Å². The van der Waals surface area contributed by atoms with Gasteiger partial charge in [-0.15, -0.1) is 5.10 Å². The van der Waals surface area contributed by atoms with Gasteiger partial charge in [0, 0.05) is 12.2 Å². The number of aryl methyl sites for hydroxylation is 1. The van der Waals surface area contributed by atoms with Crippen molar-refractivity contribution in [2.45, 2.75) is 18.5 Å². The maximum absolute atomic E-state index is 12.1. The van der Waals surface area contributed by atoms with Gasteiger partial charge in [0.15, 0.2) is 0 Å². The van der Waals surface area contributed by atoms with Crippen LogP contribution >= 0.6 is 11.8 Å². The molecule has 0 radical (unpaired) electrons. The number of hydrogen-bond donors (Lipinski definition) is 1. The Kier molecular flexibility index (Phi) is 5.61. The molecule has 8 heteroatoms. The third-order valence-corrected chi connectivity index (χ3v) is 4.52. The van der Waals surface area contributed by atoms with Gasteiger partial charge in [-0.2, -0.15) is 9.94 Å². The summed E-state index contributed by atoms with van der Waals surface area (Å²) < 4.78 is 1.65. The van der Waals surface area contributed by atoms with Crippen LogP contribution in [0.5, 0.6) is 0 Å². The third kappa shape index (κ3) is 4.26. The summed E-state index contributed by atoms with van der Waals surface area (Å²) in [6, 6.07) is 16.8. The molecule has 26 heavy (non-hydrogen) atoms. The first-order chi connectivity index (χ1) is 12.7. The second-order valence-electron chi connectivity index (χ2n) is 5.51. The molecule has 0 aliphatic carbocycles. The molecule has 0 fully saturated rings. The largest absolute Gasteiger partial charge is 0.325 e. The van der Waals surface area contributed by atoms with Crippen molar-refractivity contribution in [3.8, 4) is 11.8 Å². The van der Waals surface area contributed by atoms with Crippen molar-refractivity contribution in [1.29, 1.82) is 5.26 Å². The minimum Gasteiger partial charge on any atom is -0.325 e. The summed E-state index contributed by atoms with van der Waals surface area (Å²) in [5.41, 5.74) is 2.99. The van der Waals surface area contributed by atoms with Crippen LogP contribution in [-0.4, -0.2) is 31.9 Å². The normalized spacial score (nSPS) is 10.3. The molecule has 0 atom stereocenters. The zero-order valence-electron chi connectivity index (χ0n) is 14.1. The Hall–Kier alpha value is -3.18. The zero-order valence-corrected chi connectivity index (χ0v) is 14.9. The molecule has 2 aromatic carbocycles. The van der Waals surface area contributed by atoms with Crippen molar-refractivity contribution < 1.29 is 4.79 Å². The van der Waals surface area contributed by atoms with E-state index in [1.54, 1.807) is 28.9 Å². The lowest BCUT2D eigenvalue weighted by molar-refractivity contribution is -0.115. The van der Waals surface area contributed by atoms with Gasteiger partial charge >= 0.3 is 0 Å². The minimum absolute atomic E-state index is 0.158. The van der Waals surface area contributed by atoms with Gasteiger partial charge in [-0.3, -0.25) is 4.79 Å².